The molecule has 5 heteroatoms. The normalized spacial score (nSPS) is 11.8. The van der Waals surface area contributed by atoms with E-state index in [0.717, 1.165) is 11.6 Å². The largest absolute Gasteiger partial charge is 0.359 e. The number of thiocarbonyl (C=S) groups is 1. The van der Waals surface area contributed by atoms with Gasteiger partial charge in [-0.2, -0.15) is 0 Å². The zero-order chi connectivity index (χ0) is 15.2. The minimum absolute atomic E-state index is 0.212. The van der Waals surface area contributed by atoms with E-state index < -0.39 is 11.6 Å². The van der Waals surface area contributed by atoms with Gasteiger partial charge in [0.1, 0.15) is 0 Å². The molecular weight excluding hydrogens is 290 g/mol. The number of hydrogen-bond acceptors (Lipinski definition) is 1. The van der Waals surface area contributed by atoms with Crippen molar-refractivity contribution in [3.63, 3.8) is 0 Å². The molecule has 0 spiro atoms. The number of nitrogens with one attached hydrogen (secondary N) is 2. The molecule has 2 aromatic rings. The molecule has 0 radical (unpaired) electrons. The molecule has 0 fully saturated rings. The molecule has 0 aliphatic heterocycles. The van der Waals surface area contributed by atoms with Crippen LogP contribution in [-0.4, -0.2) is 5.11 Å². The minimum atomic E-state index is -0.857. The van der Waals surface area contributed by atoms with Crippen LogP contribution in [0.4, 0.5) is 8.78 Å². The molecule has 0 saturated carbocycles. The Morgan fingerprint density at radius 2 is 1.81 bits per heavy atom. The molecule has 0 bridgehead atoms. The fourth-order valence-corrected chi connectivity index (χ4v) is 2.14. The second-order valence-electron chi connectivity index (χ2n) is 4.71. The second-order valence-corrected chi connectivity index (χ2v) is 5.12. The molecule has 110 valence electrons. The zero-order valence-corrected chi connectivity index (χ0v) is 12.4. The highest BCUT2D eigenvalue weighted by molar-refractivity contribution is 7.80. The second kappa shape index (κ2) is 7.13. The molecule has 2 nitrogen and oxygen atoms in total. The molecule has 1 atom stereocenters. The third-order valence-electron chi connectivity index (χ3n) is 3.09. The van der Waals surface area contributed by atoms with Crippen LogP contribution in [0.3, 0.4) is 0 Å². The van der Waals surface area contributed by atoms with E-state index >= 15 is 0 Å². The van der Waals surface area contributed by atoms with Crippen LogP contribution in [0.25, 0.3) is 0 Å². The summed E-state index contributed by atoms with van der Waals surface area (Å²) in [6.45, 7) is 2.44. The standard InChI is InChI=1S/C16H16F2N2S/c1-11(13-7-8-14(17)15(18)9-13)20-16(21)19-10-12-5-3-2-4-6-12/h2-9,11H,10H2,1H3,(H2,19,20,21)/t11-/m0/s1. The quantitative estimate of drug-likeness (QED) is 0.843. The van der Waals surface area contributed by atoms with Crippen LogP contribution in [0, 0.1) is 11.6 Å². The van der Waals surface area contributed by atoms with Gasteiger partial charge in [0.2, 0.25) is 0 Å². The van der Waals surface area contributed by atoms with E-state index in [4.69, 9.17) is 12.2 Å². The number of halogens is 2. The van der Waals surface area contributed by atoms with Crippen LogP contribution < -0.4 is 10.6 Å². The molecule has 0 unspecified atom stereocenters. The molecule has 2 rings (SSSR count). The summed E-state index contributed by atoms with van der Waals surface area (Å²) in [4.78, 5) is 0. The van der Waals surface area contributed by atoms with Gasteiger partial charge in [-0.05, 0) is 42.4 Å². The lowest BCUT2D eigenvalue weighted by atomic mass is 10.1. The van der Waals surface area contributed by atoms with E-state index in [0.29, 0.717) is 17.2 Å². The molecule has 0 aliphatic rings. The SMILES string of the molecule is C[C@H](NC(=S)NCc1ccccc1)c1ccc(F)c(F)c1. The van der Waals surface area contributed by atoms with E-state index in [1.165, 1.54) is 12.1 Å². The third-order valence-corrected chi connectivity index (χ3v) is 3.35. The van der Waals surface area contributed by atoms with Gasteiger partial charge in [0.05, 0.1) is 6.04 Å². The van der Waals surface area contributed by atoms with Gasteiger partial charge in [-0.1, -0.05) is 36.4 Å². The lowest BCUT2D eigenvalue weighted by molar-refractivity contribution is 0.505. The molecule has 0 heterocycles. The van der Waals surface area contributed by atoms with Gasteiger partial charge in [-0.15, -0.1) is 0 Å². The van der Waals surface area contributed by atoms with Gasteiger partial charge in [-0.3, -0.25) is 0 Å². The van der Waals surface area contributed by atoms with Crippen molar-refractivity contribution in [3.8, 4) is 0 Å². The van der Waals surface area contributed by atoms with Crippen LogP contribution in [-0.2, 0) is 6.54 Å². The third kappa shape index (κ3) is 4.49. The fourth-order valence-electron chi connectivity index (χ4n) is 1.89. The molecule has 2 aromatic carbocycles. The van der Waals surface area contributed by atoms with Crippen molar-refractivity contribution < 1.29 is 8.78 Å². The molecule has 21 heavy (non-hydrogen) atoms. The Kier molecular flexibility index (Phi) is 5.22. The Labute approximate surface area is 128 Å². The maximum absolute atomic E-state index is 13.2. The summed E-state index contributed by atoms with van der Waals surface area (Å²) in [5.74, 6) is -1.71. The fraction of sp³-hybridized carbons (Fsp3) is 0.188. The number of hydrogen-bond donors (Lipinski definition) is 2. The molecule has 0 aromatic heterocycles. The van der Waals surface area contributed by atoms with Crippen molar-refractivity contribution in [2.45, 2.75) is 19.5 Å². The highest BCUT2D eigenvalue weighted by atomic mass is 32.1. The predicted molar refractivity (Wildman–Crippen MR) is 83.8 cm³/mol. The highest BCUT2D eigenvalue weighted by Gasteiger charge is 2.10. The molecule has 0 saturated heterocycles. The number of benzene rings is 2. The van der Waals surface area contributed by atoms with Crippen LogP contribution in [0.2, 0.25) is 0 Å². The summed E-state index contributed by atoms with van der Waals surface area (Å²) in [7, 11) is 0. The Hall–Kier alpha value is -2.01. The summed E-state index contributed by atoms with van der Waals surface area (Å²) in [6.07, 6.45) is 0. The molecule has 2 N–H and O–H groups in total. The Morgan fingerprint density at radius 3 is 2.48 bits per heavy atom. The van der Waals surface area contributed by atoms with Gasteiger partial charge in [0, 0.05) is 6.54 Å². The van der Waals surface area contributed by atoms with Crippen molar-refractivity contribution in [2.24, 2.45) is 0 Å². The summed E-state index contributed by atoms with van der Waals surface area (Å²) in [6, 6.07) is 13.5. The first-order valence-corrected chi connectivity index (χ1v) is 7.00. The van der Waals surface area contributed by atoms with E-state index in [1.54, 1.807) is 0 Å². The van der Waals surface area contributed by atoms with Gasteiger partial charge in [-0.25, -0.2) is 8.78 Å². The summed E-state index contributed by atoms with van der Waals surface area (Å²) < 4.78 is 26.1. The van der Waals surface area contributed by atoms with E-state index in [2.05, 4.69) is 10.6 Å². The van der Waals surface area contributed by atoms with Crippen molar-refractivity contribution >= 4 is 17.3 Å². The lowest BCUT2D eigenvalue weighted by Crippen LogP contribution is -2.36. The Bertz CT molecular complexity index is 617. The topological polar surface area (TPSA) is 24.1 Å². The van der Waals surface area contributed by atoms with Gasteiger partial charge in [0.25, 0.3) is 0 Å². The number of rotatable bonds is 4. The maximum Gasteiger partial charge on any atom is 0.167 e. The van der Waals surface area contributed by atoms with E-state index in [-0.39, 0.29) is 6.04 Å². The first-order chi connectivity index (χ1) is 10.1. The van der Waals surface area contributed by atoms with Crippen molar-refractivity contribution in [2.75, 3.05) is 0 Å². The van der Waals surface area contributed by atoms with Crippen molar-refractivity contribution in [3.05, 3.63) is 71.3 Å². The van der Waals surface area contributed by atoms with Crippen LogP contribution >= 0.6 is 12.2 Å². The Balaban J connectivity index is 1.88. The maximum atomic E-state index is 13.2. The van der Waals surface area contributed by atoms with Crippen molar-refractivity contribution in [1.82, 2.24) is 10.6 Å². The summed E-state index contributed by atoms with van der Waals surface area (Å²) >= 11 is 5.20. The lowest BCUT2D eigenvalue weighted by Gasteiger charge is -2.17. The first-order valence-electron chi connectivity index (χ1n) is 6.59. The van der Waals surface area contributed by atoms with Gasteiger partial charge in [0.15, 0.2) is 16.7 Å². The van der Waals surface area contributed by atoms with Crippen LogP contribution in [0.5, 0.6) is 0 Å². The average molecular weight is 306 g/mol. The molecule has 0 aliphatic carbocycles. The summed E-state index contributed by atoms with van der Waals surface area (Å²) in [5, 5.41) is 6.59. The average Bonchev–Trinajstić information content (AvgIpc) is 2.49. The van der Waals surface area contributed by atoms with Crippen LogP contribution in [0.15, 0.2) is 48.5 Å². The first kappa shape index (κ1) is 15.4. The zero-order valence-electron chi connectivity index (χ0n) is 11.6. The van der Waals surface area contributed by atoms with E-state index in [1.807, 2.05) is 37.3 Å². The van der Waals surface area contributed by atoms with E-state index in [9.17, 15) is 8.78 Å². The predicted octanol–water partition coefficient (Wildman–Crippen LogP) is 3.69. The minimum Gasteiger partial charge on any atom is -0.359 e. The Morgan fingerprint density at radius 1 is 1.10 bits per heavy atom. The molecule has 0 amide bonds. The monoisotopic (exact) mass is 306 g/mol. The summed E-state index contributed by atoms with van der Waals surface area (Å²) in [5.41, 5.74) is 1.75. The van der Waals surface area contributed by atoms with Gasteiger partial charge < -0.3 is 10.6 Å². The highest BCUT2D eigenvalue weighted by Crippen LogP contribution is 2.15. The smallest absolute Gasteiger partial charge is 0.167 e. The van der Waals surface area contributed by atoms with Crippen LogP contribution in [0.1, 0.15) is 24.1 Å². The van der Waals surface area contributed by atoms with Gasteiger partial charge >= 0.3 is 0 Å². The van der Waals surface area contributed by atoms with Crippen molar-refractivity contribution in [1.29, 1.82) is 0 Å². The molecular formula is C16H16F2N2S.